The number of thioether (sulfide) groups is 1. The van der Waals surface area contributed by atoms with Gasteiger partial charge in [0.05, 0.1) is 66.7 Å². The molecule has 1 aromatic heterocycles. The molecule has 3 aliphatic heterocycles. The van der Waals surface area contributed by atoms with E-state index in [-0.39, 0.29) is 64.3 Å². The Morgan fingerprint density at radius 2 is 1.69 bits per heavy atom. The minimum absolute atomic E-state index is 0.0581. The van der Waals surface area contributed by atoms with Gasteiger partial charge in [0.1, 0.15) is 16.8 Å². The average Bonchev–Trinajstić information content (AvgIpc) is 3.63. The molecular weight excluding hydrogens is 918 g/mol. The summed E-state index contributed by atoms with van der Waals surface area (Å²) < 4.78 is 44.0. The van der Waals surface area contributed by atoms with Gasteiger partial charge in [-0.2, -0.15) is 4.98 Å². The van der Waals surface area contributed by atoms with Crippen LogP contribution in [0.5, 0.6) is 5.75 Å². The summed E-state index contributed by atoms with van der Waals surface area (Å²) >= 11 is 8.09. The molecule has 0 radical (unpaired) electrons. The third-order valence-corrected chi connectivity index (χ3v) is 15.5. The number of carbonyl (C=O) groups excluding carboxylic acids is 4. The van der Waals surface area contributed by atoms with Crippen molar-refractivity contribution in [1.29, 1.82) is 0 Å². The van der Waals surface area contributed by atoms with Crippen LogP contribution >= 0.6 is 23.4 Å². The Labute approximate surface area is 401 Å². The molecule has 2 fully saturated rings. The smallest absolute Gasteiger partial charge is 0.255 e. The maximum atomic E-state index is 13.2. The molecule has 3 aliphatic rings. The highest BCUT2D eigenvalue weighted by Gasteiger charge is 2.40. The number of para-hydroxylation sites is 1. The maximum absolute atomic E-state index is 13.2. The van der Waals surface area contributed by atoms with Crippen LogP contribution < -0.4 is 20.7 Å². The number of rotatable bonds is 20. The summed E-state index contributed by atoms with van der Waals surface area (Å²) in [5, 5.41) is 8.33. The summed E-state index contributed by atoms with van der Waals surface area (Å²) in [5.74, 6) is 1.13. The third-order valence-electron chi connectivity index (χ3n) is 11.9. The van der Waals surface area contributed by atoms with Crippen molar-refractivity contribution in [1.82, 2.24) is 25.1 Å². The number of anilines is 4. The third kappa shape index (κ3) is 12.1. The molecule has 4 amide bonds. The van der Waals surface area contributed by atoms with Gasteiger partial charge < -0.3 is 34.6 Å². The van der Waals surface area contributed by atoms with Crippen molar-refractivity contribution in [2.75, 3.05) is 55.9 Å². The lowest BCUT2D eigenvalue weighted by Gasteiger charge is -2.33. The van der Waals surface area contributed by atoms with Crippen molar-refractivity contribution in [3.63, 3.8) is 0 Å². The molecule has 16 nitrogen and oxygen atoms in total. The van der Waals surface area contributed by atoms with Crippen LogP contribution in [0.25, 0.3) is 0 Å². The molecule has 67 heavy (non-hydrogen) atoms. The number of aromatic nitrogens is 2. The van der Waals surface area contributed by atoms with Crippen molar-refractivity contribution < 1.29 is 41.8 Å². The number of ether oxygens (including phenoxy) is 3. The Balaban J connectivity index is 0.844. The second-order valence-electron chi connectivity index (χ2n) is 17.3. The minimum Gasteiger partial charge on any atom is -0.489 e. The Bertz CT molecular complexity index is 2590. The Morgan fingerprint density at radius 3 is 2.42 bits per heavy atom. The molecule has 0 saturated carbocycles. The fraction of sp³-hybridized carbons (Fsp3) is 0.458. The van der Waals surface area contributed by atoms with Crippen LogP contribution in [0.2, 0.25) is 5.02 Å². The van der Waals surface area contributed by atoms with Crippen LogP contribution in [0.1, 0.15) is 92.8 Å². The first-order chi connectivity index (χ1) is 32.1. The monoisotopic (exact) mass is 975 g/mol. The van der Waals surface area contributed by atoms with Crippen LogP contribution in [0.3, 0.4) is 0 Å². The Hall–Kier alpha value is -5.27. The molecule has 3 aromatic carbocycles. The Morgan fingerprint density at radius 1 is 0.940 bits per heavy atom. The summed E-state index contributed by atoms with van der Waals surface area (Å²) in [4.78, 5) is 63.9. The lowest BCUT2D eigenvalue weighted by atomic mass is 9.86. The number of aryl methyl sites for hydroxylation is 1. The molecule has 0 spiro atoms. The number of hydrogen-bond donors (Lipinski definition) is 3. The summed E-state index contributed by atoms with van der Waals surface area (Å²) in [7, 11) is -3.59. The summed E-state index contributed by atoms with van der Waals surface area (Å²) in [5.41, 5.74) is 4.70. The van der Waals surface area contributed by atoms with Crippen molar-refractivity contribution in [2.24, 2.45) is 0 Å². The van der Waals surface area contributed by atoms with Crippen LogP contribution in [-0.4, -0.2) is 114 Å². The van der Waals surface area contributed by atoms with Gasteiger partial charge in [-0.1, -0.05) is 29.8 Å². The van der Waals surface area contributed by atoms with Gasteiger partial charge in [-0.25, -0.2) is 13.4 Å². The molecule has 358 valence electrons. The number of amides is 4. The topological polar surface area (TPSA) is 198 Å². The van der Waals surface area contributed by atoms with Gasteiger partial charge in [-0.05, 0) is 113 Å². The second kappa shape index (κ2) is 22.2. The second-order valence-corrected chi connectivity index (χ2v) is 21.3. The molecule has 1 unspecified atom stereocenters. The van der Waals surface area contributed by atoms with Gasteiger partial charge >= 0.3 is 0 Å². The molecule has 19 heteroatoms. The van der Waals surface area contributed by atoms with E-state index in [1.165, 1.54) is 6.20 Å². The minimum atomic E-state index is -3.59. The van der Waals surface area contributed by atoms with Crippen LogP contribution in [0.4, 0.5) is 23.1 Å². The normalized spacial score (nSPS) is 16.7. The molecule has 0 aliphatic carbocycles. The highest BCUT2D eigenvalue weighted by atomic mass is 35.5. The van der Waals surface area contributed by atoms with Gasteiger partial charge in [0.15, 0.2) is 15.7 Å². The molecule has 2 saturated heterocycles. The Kier molecular flexibility index (Phi) is 16.5. The van der Waals surface area contributed by atoms with Gasteiger partial charge in [-0.3, -0.25) is 24.5 Å². The number of halogens is 1. The number of hydrogen-bond acceptors (Lipinski definition) is 14. The number of benzene rings is 3. The zero-order valence-electron chi connectivity index (χ0n) is 38.4. The first-order valence-corrected chi connectivity index (χ1v) is 25.5. The van der Waals surface area contributed by atoms with E-state index in [4.69, 9.17) is 25.8 Å². The predicted molar refractivity (Wildman–Crippen MR) is 257 cm³/mol. The quantitative estimate of drug-likeness (QED) is 0.0445. The van der Waals surface area contributed by atoms with E-state index in [2.05, 4.69) is 38.9 Å². The van der Waals surface area contributed by atoms with E-state index >= 15 is 0 Å². The molecule has 3 N–H and O–H groups in total. The molecule has 4 heterocycles. The van der Waals surface area contributed by atoms with Gasteiger partial charge in [-0.15, -0.1) is 11.8 Å². The highest BCUT2D eigenvalue weighted by molar-refractivity contribution is 7.99. The lowest BCUT2D eigenvalue weighted by Crippen LogP contribution is -2.52. The lowest BCUT2D eigenvalue weighted by molar-refractivity contribution is -0.137. The van der Waals surface area contributed by atoms with Crippen molar-refractivity contribution >= 4 is 80.0 Å². The summed E-state index contributed by atoms with van der Waals surface area (Å²) in [6, 6.07) is 15.6. The number of likely N-dealkylation sites (tertiary alicyclic amines) is 1. The van der Waals surface area contributed by atoms with Crippen molar-refractivity contribution in [2.45, 2.75) is 106 Å². The highest BCUT2D eigenvalue weighted by Crippen LogP contribution is 2.39. The van der Waals surface area contributed by atoms with Crippen molar-refractivity contribution in [3.05, 3.63) is 88.1 Å². The number of nitrogens with zero attached hydrogens (tertiary/aromatic N) is 4. The van der Waals surface area contributed by atoms with Crippen LogP contribution in [0.15, 0.2) is 70.6 Å². The average molecular weight is 977 g/mol. The molecule has 7 rings (SSSR count). The van der Waals surface area contributed by atoms with Gasteiger partial charge in [0, 0.05) is 42.3 Å². The van der Waals surface area contributed by atoms with E-state index in [1.807, 2.05) is 36.9 Å². The molecule has 0 bridgehead atoms. The zero-order valence-corrected chi connectivity index (χ0v) is 40.8. The number of imide groups is 1. The maximum Gasteiger partial charge on any atom is 0.255 e. The first-order valence-electron chi connectivity index (χ1n) is 22.6. The zero-order chi connectivity index (χ0) is 47.8. The number of carbonyl (C=O) groups is 4. The van der Waals surface area contributed by atoms with E-state index in [9.17, 15) is 27.6 Å². The van der Waals surface area contributed by atoms with E-state index in [1.54, 1.807) is 60.8 Å². The molecule has 1 atom stereocenters. The number of fused-ring (bicyclic) bond motifs is 1. The summed E-state index contributed by atoms with van der Waals surface area (Å²) in [6.45, 7) is 12.4. The number of piperidine rings is 2. The van der Waals surface area contributed by atoms with E-state index in [0.29, 0.717) is 80.9 Å². The fourth-order valence-electron chi connectivity index (χ4n) is 8.41. The molecular formula is C48H58ClN7O9S2. The largest absolute Gasteiger partial charge is 0.489 e. The van der Waals surface area contributed by atoms with Crippen LogP contribution in [0, 0.1) is 6.92 Å². The summed E-state index contributed by atoms with van der Waals surface area (Å²) in [6.07, 6.45) is 3.76. The van der Waals surface area contributed by atoms with E-state index < -0.39 is 27.0 Å². The van der Waals surface area contributed by atoms with Gasteiger partial charge in [0.25, 0.3) is 5.91 Å². The van der Waals surface area contributed by atoms with E-state index in [0.717, 1.165) is 34.4 Å². The van der Waals surface area contributed by atoms with Gasteiger partial charge in [0.2, 0.25) is 23.7 Å². The van der Waals surface area contributed by atoms with Crippen LogP contribution in [-0.2, 0) is 40.2 Å². The molecule has 4 aromatic rings. The first kappa shape index (κ1) is 49.6. The standard InChI is InChI=1S/C48H58ClN7O9S2/c1-29(2)65-40-26-34(31(5)25-38(40)52-48-50-27-36(49)45(54-48)51-37-10-6-7-12-42(37)67(61,62)30(3)4)32-15-18-55(19-16-32)44(58)17-20-63-21-22-64-23-24-66-41-11-8-9-33-35(41)28-56(47(33)60)39-13-14-43(57)53-46(39)59/h6-12,25-27,29-30,32,39H,13-24,28H2,1-5H3,(H,53,57,59)(H2,50,51,52,54). The number of sulfone groups is 1. The fourth-order valence-corrected chi connectivity index (χ4v) is 10.7. The predicted octanol–water partition coefficient (Wildman–Crippen LogP) is 7.58. The number of nitrogens with one attached hydrogen (secondary N) is 3. The van der Waals surface area contributed by atoms with Crippen molar-refractivity contribution in [3.8, 4) is 5.75 Å². The SMILES string of the molecule is Cc1cc(Nc2ncc(Cl)c(Nc3ccccc3S(=O)(=O)C(C)C)n2)c(OC(C)C)cc1C1CCN(C(=O)CCOCCOCCSc2cccc3c2CN(C2CCC(=O)NC2=O)C3=O)CC1.